The van der Waals surface area contributed by atoms with Crippen molar-refractivity contribution in [3.05, 3.63) is 60.2 Å². The van der Waals surface area contributed by atoms with Gasteiger partial charge in [0.2, 0.25) is 17.7 Å². The number of rotatable bonds is 11. The molecule has 3 heterocycles. The van der Waals surface area contributed by atoms with Gasteiger partial charge in [-0.25, -0.2) is 0 Å². The van der Waals surface area contributed by atoms with E-state index in [0.29, 0.717) is 49.3 Å². The van der Waals surface area contributed by atoms with E-state index in [4.69, 9.17) is 9.47 Å². The van der Waals surface area contributed by atoms with Crippen LogP contribution in [0.15, 0.2) is 54.6 Å². The Morgan fingerprint density at radius 3 is 2.27 bits per heavy atom. The minimum absolute atomic E-state index is 0.0565. The molecule has 9 heteroatoms. The van der Waals surface area contributed by atoms with Crippen molar-refractivity contribution in [2.24, 2.45) is 17.3 Å². The number of aliphatic hydroxyl groups excluding tert-OH is 1. The summed E-state index contributed by atoms with van der Waals surface area (Å²) in [5.41, 5.74) is -1.43. The molecule has 5 rings (SSSR count). The number of hydrogen-bond acceptors (Lipinski definition) is 6. The van der Waals surface area contributed by atoms with Crippen molar-refractivity contribution in [1.82, 2.24) is 10.2 Å². The largest absolute Gasteiger partial charge is 0.494 e. The summed E-state index contributed by atoms with van der Waals surface area (Å²) in [6.45, 7) is 14.4. The Bertz CT molecular complexity index is 1400. The smallest absolute Gasteiger partial charge is 0.246 e. The molecule has 2 aromatic carbocycles. The van der Waals surface area contributed by atoms with Gasteiger partial charge < -0.3 is 30.1 Å². The van der Waals surface area contributed by atoms with Crippen LogP contribution in [0.5, 0.6) is 5.75 Å². The minimum atomic E-state index is -1.21. The fraction of sp³-hybridized carbons (Fsp3) is 0.583. The average Bonchev–Trinajstić information content (AvgIpc) is 3.57. The van der Waals surface area contributed by atoms with Gasteiger partial charge in [-0.3, -0.25) is 14.4 Å². The molecule has 244 valence electrons. The van der Waals surface area contributed by atoms with Crippen molar-refractivity contribution >= 4 is 23.4 Å². The lowest BCUT2D eigenvalue weighted by Gasteiger charge is -2.40. The summed E-state index contributed by atoms with van der Waals surface area (Å²) in [5.74, 6) is -1.97. The fourth-order valence-electron chi connectivity index (χ4n) is 8.51. The molecule has 3 amide bonds. The SMILES string of the molecule is CCOc1ccc(NC(=O)[C@H]2[C@H]3C(=O)N([C@H](CO)c4ccccc4)C(C(=O)NC(C)(C)CC(C)(C)C)C34CC[C@]2(CC)O4)cc1. The molecule has 2 bridgehead atoms. The maximum Gasteiger partial charge on any atom is 0.246 e. The predicted octanol–water partition coefficient (Wildman–Crippen LogP) is 5.24. The zero-order valence-corrected chi connectivity index (χ0v) is 27.7. The molecule has 6 atom stereocenters. The first-order valence-electron chi connectivity index (χ1n) is 16.2. The summed E-state index contributed by atoms with van der Waals surface area (Å²) in [7, 11) is 0. The molecule has 0 radical (unpaired) electrons. The highest BCUT2D eigenvalue weighted by atomic mass is 16.5. The van der Waals surface area contributed by atoms with Crippen LogP contribution in [0.1, 0.15) is 85.8 Å². The van der Waals surface area contributed by atoms with Crippen LogP contribution < -0.4 is 15.4 Å². The third-order valence-corrected chi connectivity index (χ3v) is 9.71. The van der Waals surface area contributed by atoms with Crippen LogP contribution in [0.3, 0.4) is 0 Å². The minimum Gasteiger partial charge on any atom is -0.494 e. The highest BCUT2D eigenvalue weighted by Gasteiger charge is 2.79. The number of fused-ring (bicyclic) bond motifs is 1. The third-order valence-electron chi connectivity index (χ3n) is 9.71. The van der Waals surface area contributed by atoms with Crippen LogP contribution >= 0.6 is 0 Å². The van der Waals surface area contributed by atoms with Gasteiger partial charge in [0.05, 0.1) is 36.7 Å². The van der Waals surface area contributed by atoms with Gasteiger partial charge in [-0.05, 0) is 81.7 Å². The Balaban J connectivity index is 1.56. The Morgan fingerprint density at radius 2 is 1.69 bits per heavy atom. The summed E-state index contributed by atoms with van der Waals surface area (Å²) >= 11 is 0. The molecule has 2 aromatic rings. The van der Waals surface area contributed by atoms with Gasteiger partial charge in [0.15, 0.2) is 0 Å². The topological polar surface area (TPSA) is 117 Å². The fourth-order valence-corrected chi connectivity index (χ4v) is 8.51. The zero-order valence-electron chi connectivity index (χ0n) is 27.7. The van der Waals surface area contributed by atoms with Gasteiger partial charge >= 0.3 is 0 Å². The van der Waals surface area contributed by atoms with E-state index >= 15 is 0 Å². The summed E-state index contributed by atoms with van der Waals surface area (Å²) in [4.78, 5) is 45.0. The molecule has 2 unspecified atom stereocenters. The predicted molar refractivity (Wildman–Crippen MR) is 172 cm³/mol. The van der Waals surface area contributed by atoms with Crippen molar-refractivity contribution in [2.45, 2.75) is 103 Å². The molecular weight excluding hydrogens is 570 g/mol. The van der Waals surface area contributed by atoms with Gasteiger partial charge in [-0.2, -0.15) is 0 Å². The highest BCUT2D eigenvalue weighted by Crippen LogP contribution is 2.65. The number of anilines is 1. The van der Waals surface area contributed by atoms with E-state index in [0.717, 1.165) is 0 Å². The number of aliphatic hydroxyl groups is 1. The second-order valence-corrected chi connectivity index (χ2v) is 14.7. The van der Waals surface area contributed by atoms with E-state index in [1.165, 1.54) is 4.90 Å². The first-order valence-corrected chi connectivity index (χ1v) is 16.2. The lowest BCUT2D eigenvalue weighted by Crippen LogP contribution is -2.60. The molecule has 0 aliphatic carbocycles. The maximum atomic E-state index is 14.8. The Kier molecular flexibility index (Phi) is 8.83. The van der Waals surface area contributed by atoms with Crippen molar-refractivity contribution in [2.75, 3.05) is 18.5 Å². The molecule has 0 aromatic heterocycles. The summed E-state index contributed by atoms with van der Waals surface area (Å²) < 4.78 is 12.5. The number of carbonyl (C=O) groups is 3. The molecule has 1 spiro atoms. The van der Waals surface area contributed by atoms with Crippen LogP contribution in [-0.4, -0.2) is 63.7 Å². The van der Waals surface area contributed by atoms with Gasteiger partial charge in [0, 0.05) is 11.2 Å². The Hall–Kier alpha value is -3.43. The first kappa shape index (κ1) is 32.9. The average molecular weight is 620 g/mol. The van der Waals surface area contributed by atoms with Gasteiger partial charge in [-0.15, -0.1) is 0 Å². The van der Waals surface area contributed by atoms with Crippen LogP contribution in [0.2, 0.25) is 0 Å². The summed E-state index contributed by atoms with van der Waals surface area (Å²) in [6, 6.07) is 14.6. The maximum absolute atomic E-state index is 14.8. The molecular formula is C36H49N3O6. The van der Waals surface area contributed by atoms with Crippen LogP contribution in [-0.2, 0) is 19.1 Å². The number of benzene rings is 2. The Morgan fingerprint density at radius 1 is 1.02 bits per heavy atom. The lowest BCUT2D eigenvalue weighted by atomic mass is 9.65. The van der Waals surface area contributed by atoms with Crippen LogP contribution in [0.25, 0.3) is 0 Å². The summed E-state index contributed by atoms with van der Waals surface area (Å²) in [5, 5.41) is 17.0. The number of carbonyl (C=O) groups excluding carboxylic acids is 3. The number of nitrogens with one attached hydrogen (secondary N) is 2. The zero-order chi connectivity index (χ0) is 32.8. The second kappa shape index (κ2) is 12.1. The monoisotopic (exact) mass is 619 g/mol. The standard InChI is InChI=1S/C36H49N3O6/c1-8-35-19-20-36(45-35)28(27(35)30(41)37-24-15-17-25(18-16-24)44-9-2)32(43)39(26(21-40)23-13-11-10-12-14-23)29(36)31(42)38-34(6,7)22-33(3,4)5/h10-18,26-29,40H,8-9,19-22H2,1-7H3,(H,37,41)(H,38,42)/t26-,27-,28+,29?,35+,36?/m1/s1. The van der Waals surface area contributed by atoms with E-state index < -0.39 is 40.7 Å². The number of likely N-dealkylation sites (tertiary alicyclic amines) is 1. The molecule has 0 saturated carbocycles. The highest BCUT2D eigenvalue weighted by molar-refractivity contribution is 6.02. The van der Waals surface area contributed by atoms with Crippen LogP contribution in [0.4, 0.5) is 5.69 Å². The third kappa shape index (κ3) is 5.97. The molecule has 3 saturated heterocycles. The quantitative estimate of drug-likeness (QED) is 0.317. The summed E-state index contributed by atoms with van der Waals surface area (Å²) in [6.07, 6.45) is 2.24. The Labute approximate surface area is 267 Å². The van der Waals surface area contributed by atoms with Crippen molar-refractivity contribution in [3.8, 4) is 5.75 Å². The molecule has 9 nitrogen and oxygen atoms in total. The van der Waals surface area contributed by atoms with Crippen LogP contribution in [0, 0.1) is 17.3 Å². The van der Waals surface area contributed by atoms with Gasteiger partial charge in [0.25, 0.3) is 0 Å². The second-order valence-electron chi connectivity index (χ2n) is 14.7. The van der Waals surface area contributed by atoms with E-state index in [-0.39, 0.29) is 29.7 Å². The van der Waals surface area contributed by atoms with Crippen molar-refractivity contribution < 1.29 is 29.0 Å². The van der Waals surface area contributed by atoms with Crippen molar-refractivity contribution in [1.29, 1.82) is 0 Å². The number of nitrogens with zero attached hydrogens (tertiary/aromatic N) is 1. The molecule has 3 fully saturated rings. The van der Waals surface area contributed by atoms with E-state index in [2.05, 4.69) is 31.4 Å². The normalized spacial score (nSPS) is 28.1. The van der Waals surface area contributed by atoms with Gasteiger partial charge in [-0.1, -0.05) is 58.0 Å². The van der Waals surface area contributed by atoms with E-state index in [1.807, 2.05) is 58.0 Å². The number of ether oxygens (including phenoxy) is 2. The van der Waals surface area contributed by atoms with Gasteiger partial charge in [0.1, 0.15) is 17.4 Å². The van der Waals surface area contributed by atoms with E-state index in [9.17, 15) is 19.5 Å². The molecule has 3 aliphatic rings. The number of amides is 3. The number of hydrogen-bond donors (Lipinski definition) is 3. The molecule has 45 heavy (non-hydrogen) atoms. The molecule has 3 aliphatic heterocycles. The lowest BCUT2D eigenvalue weighted by molar-refractivity contribution is -0.151. The van der Waals surface area contributed by atoms with Crippen molar-refractivity contribution in [3.63, 3.8) is 0 Å². The van der Waals surface area contributed by atoms with E-state index in [1.54, 1.807) is 24.3 Å². The molecule has 3 N–H and O–H groups in total. The first-order chi connectivity index (χ1) is 21.2.